The fourth-order valence-corrected chi connectivity index (χ4v) is 6.97. The van der Waals surface area contributed by atoms with Gasteiger partial charge in [0.25, 0.3) is 0 Å². The number of carboxylic acid groups (broad SMARTS) is 2. The number of hydrogen-bond donors (Lipinski definition) is 3. The number of thiophene rings is 1. The van der Waals surface area contributed by atoms with Crippen molar-refractivity contribution in [2.24, 2.45) is 0 Å². The molecule has 1 aliphatic rings. The molecule has 0 radical (unpaired) electrons. The minimum atomic E-state index is -4.55. The number of aliphatic carboxylic acids is 1. The van der Waals surface area contributed by atoms with Gasteiger partial charge in [0.2, 0.25) is 10.0 Å². The highest BCUT2D eigenvalue weighted by Gasteiger charge is 2.33. The molecule has 4 rings (SSSR count). The first-order valence-corrected chi connectivity index (χ1v) is 14.3. The van der Waals surface area contributed by atoms with Crippen molar-refractivity contribution in [3.8, 4) is 16.2 Å². The van der Waals surface area contributed by atoms with E-state index in [0.717, 1.165) is 41.3 Å². The number of anilines is 1. The minimum absolute atomic E-state index is 0.00916. The summed E-state index contributed by atoms with van der Waals surface area (Å²) in [6, 6.07) is 10.6. The van der Waals surface area contributed by atoms with Crippen molar-refractivity contribution in [2.45, 2.75) is 36.9 Å². The highest BCUT2D eigenvalue weighted by Crippen LogP contribution is 2.42. The Hall–Kier alpha value is -3.62. The zero-order valence-corrected chi connectivity index (χ0v) is 22.7. The largest absolute Gasteiger partial charge is 0.480 e. The zero-order chi connectivity index (χ0) is 29.2. The van der Waals surface area contributed by atoms with E-state index in [1.54, 1.807) is 19.1 Å². The molecule has 0 bridgehead atoms. The fraction of sp³-hybridized carbons (Fsp3) is 0.308. The van der Waals surface area contributed by atoms with Crippen LogP contribution in [0.25, 0.3) is 10.4 Å². The third-order valence-corrected chi connectivity index (χ3v) is 9.62. The van der Waals surface area contributed by atoms with Crippen molar-refractivity contribution in [2.75, 3.05) is 25.0 Å². The number of carbonyl (C=O) groups is 2. The molecule has 2 aromatic carbocycles. The molecule has 40 heavy (non-hydrogen) atoms. The molecule has 2 heterocycles. The van der Waals surface area contributed by atoms with Gasteiger partial charge in [-0.2, -0.15) is 17.5 Å². The van der Waals surface area contributed by atoms with Crippen LogP contribution in [0.15, 0.2) is 53.4 Å². The van der Waals surface area contributed by atoms with Crippen molar-refractivity contribution in [3.05, 3.63) is 64.5 Å². The highest BCUT2D eigenvalue weighted by molar-refractivity contribution is 7.89. The Morgan fingerprint density at radius 3 is 2.33 bits per heavy atom. The van der Waals surface area contributed by atoms with Crippen molar-refractivity contribution >= 4 is 39.0 Å². The summed E-state index contributed by atoms with van der Waals surface area (Å²) in [7, 11) is -3.94. The molecule has 0 spiro atoms. The highest BCUT2D eigenvalue weighted by atomic mass is 32.2. The van der Waals surface area contributed by atoms with E-state index in [-0.39, 0.29) is 34.7 Å². The number of rotatable bonds is 9. The van der Waals surface area contributed by atoms with Gasteiger partial charge in [-0.15, -0.1) is 11.3 Å². The number of ether oxygens (including phenoxy) is 1. The van der Waals surface area contributed by atoms with E-state index in [1.165, 1.54) is 4.31 Å². The Morgan fingerprint density at radius 2 is 1.75 bits per heavy atom. The number of nitrogens with one attached hydrogen (secondary N) is 1. The SMILES string of the molecule is Cc1c(-c2cccc(NC3CCN(S(=O)(=O)c4ccc(C(F)(F)F)cc4)CC3)c2)sc(C(=O)O)c1OCC(=O)O. The lowest BCUT2D eigenvalue weighted by atomic mass is 10.0. The number of nitrogens with zero attached hydrogens (tertiary/aromatic N) is 1. The Kier molecular flexibility index (Phi) is 8.42. The molecule has 1 aromatic heterocycles. The van der Waals surface area contributed by atoms with E-state index >= 15 is 0 Å². The summed E-state index contributed by atoms with van der Waals surface area (Å²) in [5.41, 5.74) is 1.00. The van der Waals surface area contributed by atoms with Gasteiger partial charge < -0.3 is 20.3 Å². The van der Waals surface area contributed by atoms with Gasteiger partial charge in [-0.3, -0.25) is 0 Å². The molecule has 1 fully saturated rings. The summed E-state index contributed by atoms with van der Waals surface area (Å²) in [6.07, 6.45) is -3.64. The van der Waals surface area contributed by atoms with Gasteiger partial charge in [0.1, 0.15) is 5.75 Å². The standard InChI is InChI=1S/C26H25F3N2O7S2/c1-15-22(38-14-21(32)33)24(25(34)35)39-23(15)16-3-2-4-19(13-16)30-18-9-11-31(12-10-18)40(36,37)20-7-5-17(6-8-20)26(27,28)29/h2-8,13,18,30H,9-12,14H2,1H3,(H,32,33)(H,34,35). The van der Waals surface area contributed by atoms with Gasteiger partial charge in [0, 0.05) is 35.3 Å². The van der Waals surface area contributed by atoms with E-state index in [1.807, 2.05) is 12.1 Å². The maximum absolute atomic E-state index is 12.9. The van der Waals surface area contributed by atoms with Gasteiger partial charge >= 0.3 is 18.1 Å². The predicted octanol–water partition coefficient (Wildman–Crippen LogP) is 5.17. The number of aromatic carboxylic acids is 1. The molecule has 0 unspecified atom stereocenters. The van der Waals surface area contributed by atoms with Gasteiger partial charge in [-0.1, -0.05) is 12.1 Å². The first-order chi connectivity index (χ1) is 18.8. The molecule has 9 nitrogen and oxygen atoms in total. The van der Waals surface area contributed by atoms with Crippen LogP contribution in [0, 0.1) is 6.92 Å². The maximum atomic E-state index is 12.9. The molecule has 0 saturated carbocycles. The zero-order valence-electron chi connectivity index (χ0n) is 21.1. The number of carboxylic acids is 2. The predicted molar refractivity (Wildman–Crippen MR) is 141 cm³/mol. The van der Waals surface area contributed by atoms with Crippen LogP contribution in [0.1, 0.15) is 33.6 Å². The van der Waals surface area contributed by atoms with Gasteiger partial charge in [0.15, 0.2) is 11.5 Å². The monoisotopic (exact) mass is 598 g/mol. The van der Waals surface area contributed by atoms with E-state index in [2.05, 4.69) is 5.32 Å². The number of sulfonamides is 1. The Labute approximate surface area is 231 Å². The number of halogens is 3. The smallest absolute Gasteiger partial charge is 0.416 e. The lowest BCUT2D eigenvalue weighted by Gasteiger charge is -2.32. The van der Waals surface area contributed by atoms with E-state index in [4.69, 9.17) is 9.84 Å². The lowest BCUT2D eigenvalue weighted by Crippen LogP contribution is -2.42. The van der Waals surface area contributed by atoms with Crippen molar-refractivity contribution < 1.29 is 46.1 Å². The topological polar surface area (TPSA) is 133 Å². The molecule has 1 saturated heterocycles. The third kappa shape index (κ3) is 6.40. The third-order valence-electron chi connectivity index (χ3n) is 6.39. The molecule has 1 aliphatic heterocycles. The molecule has 3 aromatic rings. The summed E-state index contributed by atoms with van der Waals surface area (Å²) in [4.78, 5) is 22.9. The average Bonchev–Trinajstić information content (AvgIpc) is 3.24. The van der Waals surface area contributed by atoms with Gasteiger partial charge in [-0.25, -0.2) is 18.0 Å². The summed E-state index contributed by atoms with van der Waals surface area (Å²) in [5, 5.41) is 21.8. The second-order valence-corrected chi connectivity index (χ2v) is 12.1. The first-order valence-electron chi connectivity index (χ1n) is 12.0. The Balaban J connectivity index is 1.44. The normalized spacial score (nSPS) is 15.1. The molecule has 0 amide bonds. The van der Waals surface area contributed by atoms with Crippen LogP contribution < -0.4 is 10.1 Å². The van der Waals surface area contributed by atoms with Crippen LogP contribution >= 0.6 is 11.3 Å². The first kappa shape index (κ1) is 29.4. The second-order valence-electron chi connectivity index (χ2n) is 9.13. The Morgan fingerprint density at radius 1 is 1.10 bits per heavy atom. The molecular formula is C26H25F3N2O7S2. The summed E-state index contributed by atoms with van der Waals surface area (Å²) < 4.78 is 70.9. The molecule has 0 atom stereocenters. The fourth-order valence-electron chi connectivity index (χ4n) is 4.41. The summed E-state index contributed by atoms with van der Waals surface area (Å²) >= 11 is 0.976. The molecular weight excluding hydrogens is 573 g/mol. The molecule has 14 heteroatoms. The van der Waals surface area contributed by atoms with Crippen LogP contribution in [0.3, 0.4) is 0 Å². The minimum Gasteiger partial charge on any atom is -0.480 e. The van der Waals surface area contributed by atoms with E-state index < -0.39 is 40.3 Å². The summed E-state index contributed by atoms with van der Waals surface area (Å²) in [5.74, 6) is -2.45. The van der Waals surface area contributed by atoms with Crippen LogP contribution in [-0.4, -0.2) is 60.6 Å². The Bertz CT molecular complexity index is 1510. The van der Waals surface area contributed by atoms with Crippen molar-refractivity contribution in [3.63, 3.8) is 0 Å². The number of piperidine rings is 1. The molecule has 0 aliphatic carbocycles. The quantitative estimate of drug-likeness (QED) is 0.307. The van der Waals surface area contributed by atoms with E-state index in [0.29, 0.717) is 28.8 Å². The van der Waals surface area contributed by atoms with Crippen LogP contribution in [0.2, 0.25) is 0 Å². The van der Waals surface area contributed by atoms with Gasteiger partial charge in [0.05, 0.1) is 10.5 Å². The maximum Gasteiger partial charge on any atom is 0.416 e. The number of hydrogen-bond acceptors (Lipinski definition) is 7. The van der Waals surface area contributed by atoms with Crippen LogP contribution in [-0.2, 0) is 21.0 Å². The molecule has 214 valence electrons. The number of alkyl halides is 3. The summed E-state index contributed by atoms with van der Waals surface area (Å²) in [6.45, 7) is 1.34. The average molecular weight is 599 g/mol. The molecule has 3 N–H and O–H groups in total. The second kappa shape index (κ2) is 11.5. The van der Waals surface area contributed by atoms with E-state index in [9.17, 15) is 36.3 Å². The van der Waals surface area contributed by atoms with Crippen molar-refractivity contribution in [1.82, 2.24) is 4.31 Å². The van der Waals surface area contributed by atoms with Crippen LogP contribution in [0.5, 0.6) is 5.75 Å². The van der Waals surface area contributed by atoms with Gasteiger partial charge in [-0.05, 0) is 61.7 Å². The van der Waals surface area contributed by atoms with Crippen molar-refractivity contribution in [1.29, 1.82) is 0 Å². The number of benzene rings is 2. The van der Waals surface area contributed by atoms with Crippen LogP contribution in [0.4, 0.5) is 18.9 Å². The lowest BCUT2D eigenvalue weighted by molar-refractivity contribution is -0.139.